The summed E-state index contributed by atoms with van der Waals surface area (Å²) in [5, 5.41) is 18.0. The van der Waals surface area contributed by atoms with Gasteiger partial charge in [0.25, 0.3) is 0 Å². The molecule has 0 saturated carbocycles. The van der Waals surface area contributed by atoms with Crippen LogP contribution in [0.15, 0.2) is 0 Å². The van der Waals surface area contributed by atoms with E-state index in [-0.39, 0.29) is 6.61 Å². The van der Waals surface area contributed by atoms with Gasteiger partial charge in [-0.15, -0.1) is 0 Å². The van der Waals surface area contributed by atoms with Crippen molar-refractivity contribution in [2.24, 2.45) is 5.92 Å². The van der Waals surface area contributed by atoms with Crippen LogP contribution < -0.4 is 0 Å². The van der Waals surface area contributed by atoms with Crippen molar-refractivity contribution >= 4 is 0 Å². The van der Waals surface area contributed by atoms with Crippen molar-refractivity contribution in [3.63, 3.8) is 0 Å². The van der Waals surface area contributed by atoms with Gasteiger partial charge in [0, 0.05) is 0 Å². The van der Waals surface area contributed by atoms with Crippen LogP contribution in [0.5, 0.6) is 0 Å². The highest BCUT2D eigenvalue weighted by Crippen LogP contribution is 2.14. The summed E-state index contributed by atoms with van der Waals surface area (Å²) in [5.74, 6) is 0.595. The minimum Gasteiger partial charge on any atom is -0.393 e. The van der Waals surface area contributed by atoms with Gasteiger partial charge in [0.15, 0.2) is 0 Å². The van der Waals surface area contributed by atoms with E-state index in [1.807, 2.05) is 0 Å². The molecule has 0 amide bonds. The third-order valence-corrected chi connectivity index (χ3v) is 1.60. The van der Waals surface area contributed by atoms with Crippen LogP contribution >= 0.6 is 0 Å². The second-order valence-electron chi connectivity index (χ2n) is 3.59. The molecule has 0 aromatic carbocycles. The van der Waals surface area contributed by atoms with Crippen LogP contribution in [0.4, 0.5) is 0 Å². The van der Waals surface area contributed by atoms with Gasteiger partial charge >= 0.3 is 0 Å². The van der Waals surface area contributed by atoms with Gasteiger partial charge in [-0.25, -0.2) is 0 Å². The first-order valence-corrected chi connectivity index (χ1v) is 3.81. The SMILES string of the molecule is CC(C)CC[C@@](C)(O)CO. The summed E-state index contributed by atoms with van der Waals surface area (Å²) >= 11 is 0. The zero-order valence-corrected chi connectivity index (χ0v) is 7.09. The number of aliphatic hydroxyl groups is 2. The molecule has 0 aromatic rings. The highest BCUT2D eigenvalue weighted by molar-refractivity contribution is 4.70. The Kier molecular flexibility index (Phi) is 3.91. The summed E-state index contributed by atoms with van der Waals surface area (Å²) in [4.78, 5) is 0. The van der Waals surface area contributed by atoms with Crippen LogP contribution in [-0.2, 0) is 0 Å². The van der Waals surface area contributed by atoms with Gasteiger partial charge < -0.3 is 10.2 Å². The average Bonchev–Trinajstić information content (AvgIpc) is 1.85. The normalized spacial score (nSPS) is 17.4. The molecule has 0 bridgehead atoms. The molecule has 2 nitrogen and oxygen atoms in total. The summed E-state index contributed by atoms with van der Waals surface area (Å²) < 4.78 is 0. The molecule has 2 N–H and O–H groups in total. The molecule has 0 spiro atoms. The Morgan fingerprint density at radius 2 is 1.90 bits per heavy atom. The minimum atomic E-state index is -0.871. The summed E-state index contributed by atoms with van der Waals surface area (Å²) in [6, 6.07) is 0. The standard InChI is InChI=1S/C8H18O2/c1-7(2)4-5-8(3,10)6-9/h7,9-10H,4-6H2,1-3H3/t8-/m1/s1. The highest BCUT2D eigenvalue weighted by atomic mass is 16.3. The molecule has 0 radical (unpaired) electrons. The topological polar surface area (TPSA) is 40.5 Å². The lowest BCUT2D eigenvalue weighted by molar-refractivity contribution is -0.00880. The first-order valence-electron chi connectivity index (χ1n) is 3.81. The fraction of sp³-hybridized carbons (Fsp3) is 1.00. The van der Waals surface area contributed by atoms with E-state index in [0.717, 1.165) is 6.42 Å². The average molecular weight is 146 g/mol. The highest BCUT2D eigenvalue weighted by Gasteiger charge is 2.18. The van der Waals surface area contributed by atoms with Gasteiger partial charge in [0.05, 0.1) is 12.2 Å². The summed E-state index contributed by atoms with van der Waals surface area (Å²) in [7, 11) is 0. The van der Waals surface area contributed by atoms with Crippen molar-refractivity contribution in [2.75, 3.05) is 6.61 Å². The molecule has 0 fully saturated rings. The summed E-state index contributed by atoms with van der Waals surface area (Å²) in [5.41, 5.74) is -0.871. The largest absolute Gasteiger partial charge is 0.393 e. The molecule has 0 aliphatic rings. The van der Waals surface area contributed by atoms with E-state index in [9.17, 15) is 5.11 Å². The lowest BCUT2D eigenvalue weighted by atomic mass is 9.96. The van der Waals surface area contributed by atoms with Crippen LogP contribution in [0.3, 0.4) is 0 Å². The van der Waals surface area contributed by atoms with E-state index in [4.69, 9.17) is 5.11 Å². The van der Waals surface area contributed by atoms with Crippen molar-refractivity contribution in [3.05, 3.63) is 0 Å². The van der Waals surface area contributed by atoms with Crippen LogP contribution in [0.25, 0.3) is 0 Å². The van der Waals surface area contributed by atoms with E-state index in [0.29, 0.717) is 12.3 Å². The molecule has 10 heavy (non-hydrogen) atoms. The maximum absolute atomic E-state index is 9.32. The Morgan fingerprint density at radius 3 is 2.20 bits per heavy atom. The van der Waals surface area contributed by atoms with Crippen molar-refractivity contribution in [1.82, 2.24) is 0 Å². The third-order valence-electron chi connectivity index (χ3n) is 1.60. The summed E-state index contributed by atoms with van der Waals surface area (Å²) in [6.45, 7) is 5.73. The number of hydrogen-bond acceptors (Lipinski definition) is 2. The fourth-order valence-corrected chi connectivity index (χ4v) is 0.679. The molecule has 0 aliphatic heterocycles. The summed E-state index contributed by atoms with van der Waals surface area (Å²) in [6.07, 6.45) is 1.65. The smallest absolute Gasteiger partial charge is 0.0849 e. The van der Waals surface area contributed by atoms with Crippen LogP contribution in [0, 0.1) is 5.92 Å². The van der Waals surface area contributed by atoms with Gasteiger partial charge in [0.1, 0.15) is 0 Å². The number of hydrogen-bond donors (Lipinski definition) is 2. The van der Waals surface area contributed by atoms with Crippen molar-refractivity contribution in [3.8, 4) is 0 Å². The molecule has 62 valence electrons. The zero-order chi connectivity index (χ0) is 8.20. The van der Waals surface area contributed by atoms with Crippen LogP contribution in [0.1, 0.15) is 33.6 Å². The lowest BCUT2D eigenvalue weighted by Gasteiger charge is -2.20. The van der Waals surface area contributed by atoms with Gasteiger partial charge in [-0.2, -0.15) is 0 Å². The predicted octanol–water partition coefficient (Wildman–Crippen LogP) is 1.17. The minimum absolute atomic E-state index is 0.139. The lowest BCUT2D eigenvalue weighted by Crippen LogP contribution is -2.29. The second-order valence-corrected chi connectivity index (χ2v) is 3.59. The number of aliphatic hydroxyl groups excluding tert-OH is 1. The monoisotopic (exact) mass is 146 g/mol. The molecule has 1 atom stereocenters. The molecule has 0 aliphatic carbocycles. The molecule has 2 heteroatoms. The van der Waals surface area contributed by atoms with Crippen molar-refractivity contribution < 1.29 is 10.2 Å². The molecule has 0 rings (SSSR count). The molecule has 0 saturated heterocycles. The van der Waals surface area contributed by atoms with Gasteiger partial charge in [-0.1, -0.05) is 13.8 Å². The second kappa shape index (κ2) is 3.94. The van der Waals surface area contributed by atoms with E-state index in [1.54, 1.807) is 6.92 Å². The quantitative estimate of drug-likeness (QED) is 0.625. The van der Waals surface area contributed by atoms with Crippen LogP contribution in [-0.4, -0.2) is 22.4 Å². The Labute approximate surface area is 62.9 Å². The van der Waals surface area contributed by atoms with E-state index >= 15 is 0 Å². The third kappa shape index (κ3) is 4.77. The van der Waals surface area contributed by atoms with Gasteiger partial charge in [-0.05, 0) is 25.7 Å². The first-order chi connectivity index (χ1) is 4.48. The maximum atomic E-state index is 9.32. The molecule has 0 heterocycles. The predicted molar refractivity (Wildman–Crippen MR) is 41.8 cm³/mol. The van der Waals surface area contributed by atoms with E-state index < -0.39 is 5.60 Å². The fourth-order valence-electron chi connectivity index (χ4n) is 0.679. The number of rotatable bonds is 4. The molecule has 0 unspecified atom stereocenters. The first kappa shape index (κ1) is 9.92. The van der Waals surface area contributed by atoms with Crippen molar-refractivity contribution in [1.29, 1.82) is 0 Å². The molecule has 0 aromatic heterocycles. The van der Waals surface area contributed by atoms with Crippen LogP contribution in [0.2, 0.25) is 0 Å². The Bertz CT molecular complexity index is 87.3. The molecular weight excluding hydrogens is 128 g/mol. The van der Waals surface area contributed by atoms with Gasteiger partial charge in [0.2, 0.25) is 0 Å². The van der Waals surface area contributed by atoms with E-state index in [1.165, 1.54) is 0 Å². The Morgan fingerprint density at radius 1 is 1.40 bits per heavy atom. The van der Waals surface area contributed by atoms with Gasteiger partial charge in [-0.3, -0.25) is 0 Å². The zero-order valence-electron chi connectivity index (χ0n) is 7.09. The van der Waals surface area contributed by atoms with Crippen molar-refractivity contribution in [2.45, 2.75) is 39.2 Å². The van der Waals surface area contributed by atoms with E-state index in [2.05, 4.69) is 13.8 Å². The Hall–Kier alpha value is -0.0800. The molecular formula is C8H18O2. The Balaban J connectivity index is 3.46. The maximum Gasteiger partial charge on any atom is 0.0849 e.